The molecule has 1 aromatic rings. The smallest absolute Gasteiger partial charge is 0.328 e. The number of rotatable bonds is 8. The van der Waals surface area contributed by atoms with Crippen LogP contribution in [0.2, 0.25) is 0 Å². The summed E-state index contributed by atoms with van der Waals surface area (Å²) in [5.74, 6) is -1.11. The highest BCUT2D eigenvalue weighted by atomic mass is 16.5. The first kappa shape index (κ1) is 16.6. The van der Waals surface area contributed by atoms with E-state index >= 15 is 0 Å². The van der Waals surface area contributed by atoms with Gasteiger partial charge in [-0.15, -0.1) is 0 Å². The fourth-order valence-electron chi connectivity index (χ4n) is 1.54. The molecule has 21 heavy (non-hydrogen) atoms. The molecule has 1 unspecified atom stereocenters. The molecule has 0 fully saturated rings. The second-order valence-electron chi connectivity index (χ2n) is 4.39. The third kappa shape index (κ3) is 5.18. The van der Waals surface area contributed by atoms with E-state index in [4.69, 9.17) is 20.3 Å². The lowest BCUT2D eigenvalue weighted by Crippen LogP contribution is -2.26. The standard InChI is InChI=1S/C15H19NO5/c1-3-20-12-6-4-5-11(7-8-13(17)18)14(12)21-9-10(2)15(16)19/h4-8,10H,3,9H2,1-2H3,(H2,16,19)(H,17,18)/b8-7+. The number of ether oxygens (including phenoxy) is 2. The number of hydrogen-bond acceptors (Lipinski definition) is 4. The summed E-state index contributed by atoms with van der Waals surface area (Å²) in [5, 5.41) is 8.71. The van der Waals surface area contributed by atoms with Crippen molar-refractivity contribution in [2.75, 3.05) is 13.2 Å². The van der Waals surface area contributed by atoms with Gasteiger partial charge in [0, 0.05) is 11.6 Å². The van der Waals surface area contributed by atoms with Crippen molar-refractivity contribution in [1.29, 1.82) is 0 Å². The van der Waals surface area contributed by atoms with Crippen LogP contribution >= 0.6 is 0 Å². The highest BCUT2D eigenvalue weighted by molar-refractivity contribution is 5.86. The number of nitrogens with two attached hydrogens (primary N) is 1. The number of carboxylic acids is 1. The molecule has 0 spiro atoms. The fraction of sp³-hybridized carbons (Fsp3) is 0.333. The van der Waals surface area contributed by atoms with E-state index in [1.165, 1.54) is 6.08 Å². The quantitative estimate of drug-likeness (QED) is 0.710. The van der Waals surface area contributed by atoms with Crippen LogP contribution < -0.4 is 15.2 Å². The van der Waals surface area contributed by atoms with Gasteiger partial charge in [-0.25, -0.2) is 4.79 Å². The van der Waals surface area contributed by atoms with Crippen LogP contribution in [0.5, 0.6) is 11.5 Å². The third-order valence-electron chi connectivity index (χ3n) is 2.68. The van der Waals surface area contributed by atoms with Gasteiger partial charge in [0.25, 0.3) is 0 Å². The van der Waals surface area contributed by atoms with Crippen LogP contribution in [0.4, 0.5) is 0 Å². The Kier molecular flexibility index (Phi) is 6.26. The third-order valence-corrected chi connectivity index (χ3v) is 2.68. The van der Waals surface area contributed by atoms with Crippen LogP contribution in [0.1, 0.15) is 19.4 Å². The molecule has 0 bridgehead atoms. The molecular formula is C15H19NO5. The van der Waals surface area contributed by atoms with Gasteiger partial charge in [-0.3, -0.25) is 4.79 Å². The maximum absolute atomic E-state index is 11.1. The van der Waals surface area contributed by atoms with Crippen molar-refractivity contribution in [1.82, 2.24) is 0 Å². The molecule has 0 aliphatic rings. The van der Waals surface area contributed by atoms with E-state index in [-0.39, 0.29) is 6.61 Å². The number of hydrogen-bond donors (Lipinski definition) is 2. The molecule has 0 aromatic heterocycles. The number of primary amides is 1. The van der Waals surface area contributed by atoms with E-state index in [0.29, 0.717) is 23.7 Å². The summed E-state index contributed by atoms with van der Waals surface area (Å²) in [7, 11) is 0. The van der Waals surface area contributed by atoms with E-state index in [1.807, 2.05) is 6.92 Å². The number of aliphatic carboxylic acids is 1. The average Bonchev–Trinajstić information content (AvgIpc) is 2.43. The van der Waals surface area contributed by atoms with E-state index in [0.717, 1.165) is 6.08 Å². The van der Waals surface area contributed by atoms with Crippen molar-refractivity contribution in [3.05, 3.63) is 29.8 Å². The lowest BCUT2D eigenvalue weighted by Gasteiger charge is -2.16. The maximum Gasteiger partial charge on any atom is 0.328 e. The normalized spacial score (nSPS) is 12.1. The fourth-order valence-corrected chi connectivity index (χ4v) is 1.54. The number of amides is 1. The van der Waals surface area contributed by atoms with Gasteiger partial charge < -0.3 is 20.3 Å². The van der Waals surface area contributed by atoms with Gasteiger partial charge in [0.2, 0.25) is 5.91 Å². The molecule has 1 amide bonds. The Morgan fingerprint density at radius 2 is 2.10 bits per heavy atom. The van der Waals surface area contributed by atoms with Crippen LogP contribution in [-0.4, -0.2) is 30.2 Å². The topological polar surface area (TPSA) is 98.8 Å². The molecule has 6 heteroatoms. The SMILES string of the molecule is CCOc1cccc(/C=C/C(=O)O)c1OCC(C)C(N)=O. The summed E-state index contributed by atoms with van der Waals surface area (Å²) in [4.78, 5) is 21.7. The Bertz CT molecular complexity index is 539. The van der Waals surface area contributed by atoms with Crippen LogP contribution in [-0.2, 0) is 9.59 Å². The summed E-state index contributed by atoms with van der Waals surface area (Å²) in [5.41, 5.74) is 5.75. The van der Waals surface area contributed by atoms with Gasteiger partial charge in [-0.2, -0.15) is 0 Å². The van der Waals surface area contributed by atoms with Crippen molar-refractivity contribution in [3.63, 3.8) is 0 Å². The number of carbonyl (C=O) groups is 2. The Hall–Kier alpha value is -2.50. The summed E-state index contributed by atoms with van der Waals surface area (Å²) in [6.07, 6.45) is 2.42. The second kappa shape index (κ2) is 7.94. The van der Waals surface area contributed by atoms with E-state index < -0.39 is 17.8 Å². The summed E-state index contributed by atoms with van der Waals surface area (Å²) in [6.45, 7) is 4.01. The average molecular weight is 293 g/mol. The Balaban J connectivity index is 3.04. The first-order valence-electron chi connectivity index (χ1n) is 6.54. The molecule has 114 valence electrons. The minimum Gasteiger partial charge on any atom is -0.490 e. The lowest BCUT2D eigenvalue weighted by molar-refractivity contribution is -0.131. The van der Waals surface area contributed by atoms with Crippen molar-refractivity contribution >= 4 is 18.0 Å². The van der Waals surface area contributed by atoms with Crippen molar-refractivity contribution in [2.24, 2.45) is 11.7 Å². The lowest BCUT2D eigenvalue weighted by atomic mass is 10.1. The zero-order chi connectivity index (χ0) is 15.8. The molecule has 1 rings (SSSR count). The summed E-state index contributed by atoms with van der Waals surface area (Å²) >= 11 is 0. The molecule has 0 aliphatic heterocycles. The van der Waals surface area contributed by atoms with Gasteiger partial charge in [-0.1, -0.05) is 19.1 Å². The largest absolute Gasteiger partial charge is 0.490 e. The molecule has 1 aromatic carbocycles. The van der Waals surface area contributed by atoms with Gasteiger partial charge >= 0.3 is 5.97 Å². The summed E-state index contributed by atoms with van der Waals surface area (Å²) < 4.78 is 11.1. The van der Waals surface area contributed by atoms with E-state index in [1.54, 1.807) is 25.1 Å². The Morgan fingerprint density at radius 3 is 2.67 bits per heavy atom. The molecule has 0 saturated heterocycles. The Labute approximate surface area is 123 Å². The van der Waals surface area contributed by atoms with Gasteiger partial charge in [0.15, 0.2) is 11.5 Å². The van der Waals surface area contributed by atoms with E-state index in [2.05, 4.69) is 0 Å². The molecule has 1 atom stereocenters. The molecule has 6 nitrogen and oxygen atoms in total. The number of carbonyl (C=O) groups excluding carboxylic acids is 1. The molecule has 0 heterocycles. The predicted molar refractivity (Wildman–Crippen MR) is 78.1 cm³/mol. The first-order valence-corrected chi connectivity index (χ1v) is 6.54. The highest BCUT2D eigenvalue weighted by Crippen LogP contribution is 2.32. The van der Waals surface area contributed by atoms with Gasteiger partial charge in [0.05, 0.1) is 19.1 Å². The second-order valence-corrected chi connectivity index (χ2v) is 4.39. The van der Waals surface area contributed by atoms with Crippen molar-refractivity contribution in [3.8, 4) is 11.5 Å². The number of benzene rings is 1. The molecule has 0 saturated carbocycles. The molecule has 3 N–H and O–H groups in total. The van der Waals surface area contributed by atoms with Crippen LogP contribution in [0, 0.1) is 5.92 Å². The van der Waals surface area contributed by atoms with E-state index in [9.17, 15) is 9.59 Å². The number of para-hydroxylation sites is 1. The molecule has 0 aliphatic carbocycles. The van der Waals surface area contributed by atoms with Gasteiger partial charge in [0.1, 0.15) is 0 Å². The van der Waals surface area contributed by atoms with Crippen LogP contribution in [0.3, 0.4) is 0 Å². The van der Waals surface area contributed by atoms with Crippen LogP contribution in [0.25, 0.3) is 6.08 Å². The highest BCUT2D eigenvalue weighted by Gasteiger charge is 2.14. The van der Waals surface area contributed by atoms with Crippen LogP contribution in [0.15, 0.2) is 24.3 Å². The monoisotopic (exact) mass is 293 g/mol. The summed E-state index contributed by atoms with van der Waals surface area (Å²) in [6, 6.07) is 5.15. The molecule has 0 radical (unpaired) electrons. The minimum absolute atomic E-state index is 0.0906. The predicted octanol–water partition coefficient (Wildman–Crippen LogP) is 1.68. The van der Waals surface area contributed by atoms with Gasteiger partial charge in [-0.05, 0) is 19.1 Å². The Morgan fingerprint density at radius 1 is 1.38 bits per heavy atom. The zero-order valence-electron chi connectivity index (χ0n) is 12.0. The van der Waals surface area contributed by atoms with Crippen molar-refractivity contribution < 1.29 is 24.2 Å². The maximum atomic E-state index is 11.1. The zero-order valence-corrected chi connectivity index (χ0v) is 12.0. The first-order chi connectivity index (χ1) is 9.95. The van der Waals surface area contributed by atoms with Crippen molar-refractivity contribution in [2.45, 2.75) is 13.8 Å². The molecular weight excluding hydrogens is 274 g/mol. The number of carboxylic acid groups (broad SMARTS) is 1. The minimum atomic E-state index is -1.06.